The number of carbonyl (C=O) groups excluding carboxylic acids is 1. The minimum Gasteiger partial charge on any atom is -0.385 e. The van der Waals surface area contributed by atoms with E-state index >= 15 is 0 Å². The first-order valence-corrected chi connectivity index (χ1v) is 11.8. The number of aromatic nitrogens is 1. The summed E-state index contributed by atoms with van der Waals surface area (Å²) in [6.45, 7) is 3.38. The molecule has 1 aromatic heterocycles. The third kappa shape index (κ3) is 4.41. The Bertz CT molecular complexity index is 893. The molecule has 0 radical (unpaired) electrons. The monoisotopic (exact) mass is 452 g/mol. The lowest BCUT2D eigenvalue weighted by atomic mass is 9.81. The Morgan fingerprint density at radius 2 is 2.31 bits per heavy atom. The molecule has 1 saturated heterocycles. The largest absolute Gasteiger partial charge is 0.385 e. The first kappa shape index (κ1) is 20.9. The number of nitrogens with one attached hydrogen (secondary N) is 1. The average Bonchev–Trinajstić information content (AvgIpc) is 3.38. The van der Waals surface area contributed by atoms with Crippen molar-refractivity contribution in [3.05, 3.63) is 35.0 Å². The minimum absolute atomic E-state index is 0.0441. The standard InChI is InChI=1S/C20H25ClN4O2S2/c1-24-7-6-20(12-24)13-25(16-5-4-14(21)10-15(16)20)19(26)23-18-22-11-17(29-18)28-9-3-8-27-2/h4-5,10-11H,3,6-9,12-13H2,1-2H3,(H,22,23,26). The van der Waals surface area contributed by atoms with Gasteiger partial charge in [-0.05, 0) is 50.2 Å². The number of methoxy groups -OCH3 is 1. The summed E-state index contributed by atoms with van der Waals surface area (Å²) in [7, 11) is 3.84. The topological polar surface area (TPSA) is 57.7 Å². The van der Waals surface area contributed by atoms with Crippen LogP contribution in [0.25, 0.3) is 0 Å². The Morgan fingerprint density at radius 1 is 1.45 bits per heavy atom. The van der Waals surface area contributed by atoms with E-state index in [4.69, 9.17) is 16.3 Å². The molecule has 0 bridgehead atoms. The Labute approximate surface area is 184 Å². The van der Waals surface area contributed by atoms with Gasteiger partial charge in [-0.15, -0.1) is 11.8 Å². The number of amides is 2. The highest BCUT2D eigenvalue weighted by molar-refractivity contribution is 8.01. The van der Waals surface area contributed by atoms with Crippen molar-refractivity contribution >= 4 is 51.5 Å². The molecule has 1 spiro atoms. The number of rotatable bonds is 6. The fourth-order valence-corrected chi connectivity index (χ4v) is 6.19. The zero-order chi connectivity index (χ0) is 20.4. The SMILES string of the molecule is COCCCSc1cnc(NC(=O)N2CC3(CCN(C)C3)c3cc(Cl)ccc32)s1. The number of thioether (sulfide) groups is 1. The van der Waals surface area contributed by atoms with Crippen LogP contribution in [0.15, 0.2) is 28.6 Å². The van der Waals surface area contributed by atoms with Gasteiger partial charge in [-0.3, -0.25) is 10.2 Å². The second kappa shape index (κ2) is 8.81. The molecule has 1 fully saturated rings. The van der Waals surface area contributed by atoms with Crippen molar-refractivity contribution in [1.29, 1.82) is 0 Å². The summed E-state index contributed by atoms with van der Waals surface area (Å²) in [5, 5.41) is 4.34. The van der Waals surface area contributed by atoms with Crippen LogP contribution in [-0.2, 0) is 10.2 Å². The van der Waals surface area contributed by atoms with Crippen molar-refractivity contribution in [2.45, 2.75) is 22.5 Å². The molecule has 0 aliphatic carbocycles. The molecule has 1 N–H and O–H groups in total. The van der Waals surface area contributed by atoms with E-state index in [0.717, 1.165) is 53.2 Å². The summed E-state index contributed by atoms with van der Waals surface area (Å²) in [6, 6.07) is 5.71. The van der Waals surface area contributed by atoms with Crippen LogP contribution in [0.3, 0.4) is 0 Å². The highest BCUT2D eigenvalue weighted by Crippen LogP contribution is 2.47. The maximum Gasteiger partial charge on any atom is 0.328 e. The summed E-state index contributed by atoms with van der Waals surface area (Å²) in [5.41, 5.74) is 2.09. The van der Waals surface area contributed by atoms with Gasteiger partial charge >= 0.3 is 6.03 Å². The van der Waals surface area contributed by atoms with E-state index < -0.39 is 0 Å². The zero-order valence-corrected chi connectivity index (χ0v) is 19.0. The van der Waals surface area contributed by atoms with Crippen molar-refractivity contribution in [3.8, 4) is 0 Å². The minimum atomic E-state index is -0.134. The summed E-state index contributed by atoms with van der Waals surface area (Å²) < 4.78 is 6.17. The van der Waals surface area contributed by atoms with E-state index in [1.54, 1.807) is 18.9 Å². The molecule has 2 amide bonds. The van der Waals surface area contributed by atoms with Crippen LogP contribution in [-0.4, -0.2) is 62.1 Å². The van der Waals surface area contributed by atoms with Crippen LogP contribution < -0.4 is 10.2 Å². The Kier molecular flexibility index (Phi) is 6.36. The fourth-order valence-electron chi connectivity index (χ4n) is 4.17. The third-order valence-electron chi connectivity index (χ3n) is 5.51. The summed E-state index contributed by atoms with van der Waals surface area (Å²) in [5.74, 6) is 0.972. The van der Waals surface area contributed by atoms with Crippen molar-refractivity contribution in [2.24, 2.45) is 0 Å². The number of carbonyl (C=O) groups is 1. The number of fused-ring (bicyclic) bond motifs is 2. The van der Waals surface area contributed by atoms with Gasteiger partial charge in [0.05, 0.1) is 10.4 Å². The highest BCUT2D eigenvalue weighted by atomic mass is 35.5. The van der Waals surface area contributed by atoms with Crippen LogP contribution in [0.5, 0.6) is 0 Å². The lowest BCUT2D eigenvalue weighted by Crippen LogP contribution is -2.40. The predicted octanol–water partition coefficient (Wildman–Crippen LogP) is 4.55. The van der Waals surface area contributed by atoms with Crippen molar-refractivity contribution in [2.75, 3.05) is 56.4 Å². The summed E-state index contributed by atoms with van der Waals surface area (Å²) >= 11 is 9.54. The van der Waals surface area contributed by atoms with E-state index in [-0.39, 0.29) is 11.4 Å². The lowest BCUT2D eigenvalue weighted by molar-refractivity contribution is 0.200. The van der Waals surface area contributed by atoms with Gasteiger partial charge in [0.1, 0.15) is 0 Å². The fraction of sp³-hybridized carbons (Fsp3) is 0.500. The van der Waals surface area contributed by atoms with Gasteiger partial charge in [0.25, 0.3) is 0 Å². The van der Waals surface area contributed by atoms with E-state index in [1.165, 1.54) is 16.9 Å². The first-order chi connectivity index (χ1) is 14.0. The number of nitrogens with zero attached hydrogens (tertiary/aromatic N) is 3. The number of urea groups is 1. The van der Waals surface area contributed by atoms with Gasteiger partial charge in [0.15, 0.2) is 5.13 Å². The number of likely N-dealkylation sites (tertiary alicyclic amines) is 1. The molecule has 2 aromatic rings. The quantitative estimate of drug-likeness (QED) is 0.514. The van der Waals surface area contributed by atoms with Gasteiger partial charge in [-0.1, -0.05) is 22.9 Å². The number of hydrogen-bond acceptors (Lipinski definition) is 6. The number of anilines is 2. The molecule has 1 atom stereocenters. The van der Waals surface area contributed by atoms with Crippen LogP contribution >= 0.6 is 34.7 Å². The smallest absolute Gasteiger partial charge is 0.328 e. The van der Waals surface area contributed by atoms with E-state index in [9.17, 15) is 4.79 Å². The number of halogens is 1. The van der Waals surface area contributed by atoms with Crippen molar-refractivity contribution in [3.63, 3.8) is 0 Å². The maximum absolute atomic E-state index is 13.1. The molecule has 6 nitrogen and oxygen atoms in total. The molecule has 2 aliphatic rings. The maximum atomic E-state index is 13.1. The number of likely N-dealkylation sites (N-methyl/N-ethyl adjacent to an activating group) is 1. The molecule has 4 rings (SSSR count). The lowest BCUT2D eigenvalue weighted by Gasteiger charge is -2.25. The van der Waals surface area contributed by atoms with E-state index in [0.29, 0.717) is 11.7 Å². The molecule has 2 aliphatic heterocycles. The van der Waals surface area contributed by atoms with Gasteiger partial charge < -0.3 is 9.64 Å². The van der Waals surface area contributed by atoms with E-state index in [2.05, 4.69) is 22.2 Å². The Balaban J connectivity index is 1.46. The summed E-state index contributed by atoms with van der Waals surface area (Å²) in [4.78, 5) is 21.6. The molecule has 1 unspecified atom stereocenters. The van der Waals surface area contributed by atoms with E-state index in [1.807, 2.05) is 29.3 Å². The second-order valence-electron chi connectivity index (χ2n) is 7.63. The number of thiazole rings is 1. The number of benzene rings is 1. The Morgan fingerprint density at radius 3 is 3.07 bits per heavy atom. The zero-order valence-electron chi connectivity index (χ0n) is 16.6. The van der Waals surface area contributed by atoms with Crippen molar-refractivity contribution in [1.82, 2.24) is 9.88 Å². The molecular weight excluding hydrogens is 428 g/mol. The molecule has 29 heavy (non-hydrogen) atoms. The van der Waals surface area contributed by atoms with Crippen LogP contribution in [0.2, 0.25) is 5.02 Å². The third-order valence-corrected chi connectivity index (χ3v) is 7.94. The first-order valence-electron chi connectivity index (χ1n) is 9.65. The van der Waals surface area contributed by atoms with Gasteiger partial charge in [-0.25, -0.2) is 9.78 Å². The van der Waals surface area contributed by atoms with Gasteiger partial charge in [0, 0.05) is 48.7 Å². The van der Waals surface area contributed by atoms with Crippen LogP contribution in [0.4, 0.5) is 15.6 Å². The normalized spacial score (nSPS) is 21.1. The molecule has 156 valence electrons. The highest BCUT2D eigenvalue weighted by Gasteiger charge is 2.48. The molecular formula is C20H25ClN4O2S2. The molecule has 1 aromatic carbocycles. The number of hydrogen-bond donors (Lipinski definition) is 1. The van der Waals surface area contributed by atoms with Crippen LogP contribution in [0, 0.1) is 0 Å². The average molecular weight is 453 g/mol. The molecule has 9 heteroatoms. The van der Waals surface area contributed by atoms with Crippen LogP contribution in [0.1, 0.15) is 18.4 Å². The van der Waals surface area contributed by atoms with Crippen molar-refractivity contribution < 1.29 is 9.53 Å². The molecule has 3 heterocycles. The predicted molar refractivity (Wildman–Crippen MR) is 121 cm³/mol. The van der Waals surface area contributed by atoms with Gasteiger partial charge in [0.2, 0.25) is 0 Å². The second-order valence-corrected chi connectivity index (χ2v) is 10.5. The molecule has 0 saturated carbocycles. The Hall–Kier alpha value is -1.32. The van der Waals surface area contributed by atoms with Gasteiger partial charge in [-0.2, -0.15) is 0 Å². The number of ether oxygens (including phenoxy) is 1. The summed E-state index contributed by atoms with van der Waals surface area (Å²) in [6.07, 6.45) is 3.84.